The zero-order valence-corrected chi connectivity index (χ0v) is 19.6. The summed E-state index contributed by atoms with van der Waals surface area (Å²) >= 11 is 3.23. The van der Waals surface area contributed by atoms with Crippen LogP contribution in [0.3, 0.4) is 0 Å². The summed E-state index contributed by atoms with van der Waals surface area (Å²) in [5.41, 5.74) is -0.0337. The molecule has 0 amide bonds. The third-order valence-electron chi connectivity index (χ3n) is 5.66. The van der Waals surface area contributed by atoms with E-state index in [0.717, 1.165) is 32.1 Å². The Hall–Kier alpha value is -3.60. The van der Waals surface area contributed by atoms with Crippen LogP contribution < -0.4 is 10.3 Å². The standard InChI is InChI=1S/C23H21BrN4O6/c24-16-10-15(21(34-13-20(29)30)19(11-16)28(32)33)12-25-27-22(14-6-2-1-3-7-14)26-18-9-5-4-8-17(18)23(27)31/h4-5,8-12,14H,1-3,6-7,13H2,(H,29,30). The number of benzene rings is 2. The molecule has 0 aliphatic heterocycles. The minimum Gasteiger partial charge on any atom is -0.479 e. The molecule has 1 aromatic heterocycles. The van der Waals surface area contributed by atoms with Gasteiger partial charge in [0.05, 0.1) is 22.0 Å². The van der Waals surface area contributed by atoms with E-state index in [4.69, 9.17) is 14.8 Å². The van der Waals surface area contributed by atoms with Crippen LogP contribution in [0.25, 0.3) is 10.9 Å². The normalized spacial score (nSPS) is 14.5. The molecule has 2 aromatic carbocycles. The van der Waals surface area contributed by atoms with E-state index >= 15 is 0 Å². The van der Waals surface area contributed by atoms with Gasteiger partial charge >= 0.3 is 11.7 Å². The van der Waals surface area contributed by atoms with E-state index in [1.165, 1.54) is 23.0 Å². The zero-order valence-electron chi connectivity index (χ0n) is 18.0. The van der Waals surface area contributed by atoms with Gasteiger partial charge < -0.3 is 9.84 Å². The van der Waals surface area contributed by atoms with Crippen LogP contribution in [0.2, 0.25) is 0 Å². The Labute approximate surface area is 202 Å². The van der Waals surface area contributed by atoms with E-state index in [1.54, 1.807) is 18.2 Å². The van der Waals surface area contributed by atoms with E-state index in [-0.39, 0.29) is 22.8 Å². The summed E-state index contributed by atoms with van der Waals surface area (Å²) in [7, 11) is 0. The number of carboxylic acids is 1. The minimum atomic E-state index is -1.28. The van der Waals surface area contributed by atoms with Crippen LogP contribution in [0.1, 0.15) is 49.4 Å². The highest BCUT2D eigenvalue weighted by Gasteiger charge is 2.24. The van der Waals surface area contributed by atoms with Crippen LogP contribution in [-0.2, 0) is 4.79 Å². The van der Waals surface area contributed by atoms with E-state index in [0.29, 0.717) is 21.2 Å². The predicted octanol–water partition coefficient (Wildman–Crippen LogP) is 4.46. The highest BCUT2D eigenvalue weighted by atomic mass is 79.9. The Balaban J connectivity index is 1.86. The summed E-state index contributed by atoms with van der Waals surface area (Å²) in [6.45, 7) is -0.770. The Morgan fingerprint density at radius 1 is 1.29 bits per heavy atom. The second kappa shape index (κ2) is 10.1. The summed E-state index contributed by atoms with van der Waals surface area (Å²) in [5, 5.41) is 25.3. The first-order valence-electron chi connectivity index (χ1n) is 10.7. The number of ether oxygens (including phenoxy) is 1. The number of carboxylic acid groups (broad SMARTS) is 1. The summed E-state index contributed by atoms with van der Waals surface area (Å²) in [6, 6.07) is 9.74. The van der Waals surface area contributed by atoms with Gasteiger partial charge in [-0.2, -0.15) is 9.78 Å². The number of aromatic nitrogens is 2. The molecule has 1 saturated carbocycles. The number of hydrogen-bond acceptors (Lipinski definition) is 7. The fourth-order valence-electron chi connectivity index (χ4n) is 4.12. The van der Waals surface area contributed by atoms with Crippen LogP contribution in [0.5, 0.6) is 5.75 Å². The Morgan fingerprint density at radius 3 is 2.74 bits per heavy atom. The van der Waals surface area contributed by atoms with Gasteiger partial charge in [-0.05, 0) is 31.0 Å². The molecule has 0 unspecified atom stereocenters. The molecule has 3 aromatic rings. The van der Waals surface area contributed by atoms with Crippen LogP contribution in [0, 0.1) is 10.1 Å². The zero-order chi connectivity index (χ0) is 24.2. The number of halogens is 1. The summed E-state index contributed by atoms with van der Waals surface area (Å²) in [6.07, 6.45) is 6.22. The maximum Gasteiger partial charge on any atom is 0.341 e. The third kappa shape index (κ3) is 4.98. The van der Waals surface area contributed by atoms with Gasteiger partial charge in [0.2, 0.25) is 5.75 Å². The first-order chi connectivity index (χ1) is 16.3. The Morgan fingerprint density at radius 2 is 2.03 bits per heavy atom. The number of carbonyl (C=O) groups is 1. The Bertz CT molecular complexity index is 1350. The molecule has 34 heavy (non-hydrogen) atoms. The molecular weight excluding hydrogens is 508 g/mol. The quantitative estimate of drug-likeness (QED) is 0.271. The molecule has 1 heterocycles. The van der Waals surface area contributed by atoms with Crippen molar-refractivity contribution >= 4 is 44.7 Å². The molecule has 11 heteroatoms. The molecule has 0 saturated heterocycles. The van der Waals surface area contributed by atoms with Crippen LogP contribution in [0.15, 0.2) is 50.8 Å². The first kappa shape index (κ1) is 23.6. The summed E-state index contributed by atoms with van der Waals surface area (Å²) in [4.78, 5) is 40.0. The lowest BCUT2D eigenvalue weighted by molar-refractivity contribution is -0.385. The maximum absolute atomic E-state index is 13.3. The molecule has 1 fully saturated rings. The van der Waals surface area contributed by atoms with Crippen molar-refractivity contribution in [3.63, 3.8) is 0 Å². The molecule has 0 bridgehead atoms. The van der Waals surface area contributed by atoms with Crippen molar-refractivity contribution in [3.8, 4) is 5.75 Å². The van der Waals surface area contributed by atoms with E-state index in [9.17, 15) is 19.7 Å². The second-order valence-electron chi connectivity index (χ2n) is 7.97. The van der Waals surface area contributed by atoms with Crippen molar-refractivity contribution in [2.24, 2.45) is 5.10 Å². The molecule has 1 aliphatic rings. The smallest absolute Gasteiger partial charge is 0.341 e. The highest BCUT2D eigenvalue weighted by Crippen LogP contribution is 2.34. The lowest BCUT2D eigenvalue weighted by atomic mass is 9.88. The van der Waals surface area contributed by atoms with E-state index in [1.807, 2.05) is 6.07 Å². The molecule has 0 spiro atoms. The largest absolute Gasteiger partial charge is 0.479 e. The van der Waals surface area contributed by atoms with Crippen molar-refractivity contribution in [1.29, 1.82) is 0 Å². The van der Waals surface area contributed by atoms with Crippen molar-refractivity contribution < 1.29 is 19.6 Å². The number of fused-ring (bicyclic) bond motifs is 1. The van der Waals surface area contributed by atoms with Crippen LogP contribution in [-0.4, -0.2) is 38.5 Å². The number of hydrogen-bond donors (Lipinski definition) is 1. The molecule has 0 radical (unpaired) electrons. The molecule has 1 aliphatic carbocycles. The van der Waals surface area contributed by atoms with Crippen molar-refractivity contribution in [2.45, 2.75) is 38.0 Å². The maximum atomic E-state index is 13.3. The molecular formula is C23H21BrN4O6. The number of nitrogens with zero attached hydrogens (tertiary/aromatic N) is 4. The lowest BCUT2D eigenvalue weighted by Crippen LogP contribution is -2.25. The summed E-state index contributed by atoms with van der Waals surface area (Å²) in [5.74, 6) is -0.935. The fraction of sp³-hybridized carbons (Fsp3) is 0.304. The first-order valence-corrected chi connectivity index (χ1v) is 11.5. The molecule has 1 N–H and O–H groups in total. The van der Waals surface area contributed by atoms with Gasteiger partial charge in [0.15, 0.2) is 6.61 Å². The van der Waals surface area contributed by atoms with Crippen molar-refractivity contribution in [3.05, 3.63) is 72.7 Å². The van der Waals surface area contributed by atoms with E-state index in [2.05, 4.69) is 21.0 Å². The van der Waals surface area contributed by atoms with Gasteiger partial charge in [-0.3, -0.25) is 14.9 Å². The van der Waals surface area contributed by atoms with Gasteiger partial charge in [-0.1, -0.05) is 47.3 Å². The average molecular weight is 529 g/mol. The topological polar surface area (TPSA) is 137 Å². The van der Waals surface area contributed by atoms with Crippen LogP contribution in [0.4, 0.5) is 5.69 Å². The minimum absolute atomic E-state index is 0.0581. The average Bonchev–Trinajstić information content (AvgIpc) is 2.82. The van der Waals surface area contributed by atoms with E-state index < -0.39 is 23.2 Å². The van der Waals surface area contributed by atoms with Gasteiger partial charge in [-0.25, -0.2) is 9.78 Å². The second-order valence-corrected chi connectivity index (χ2v) is 8.88. The van der Waals surface area contributed by atoms with Crippen molar-refractivity contribution in [2.75, 3.05) is 6.61 Å². The molecule has 10 nitrogen and oxygen atoms in total. The number of para-hydroxylation sites is 1. The predicted molar refractivity (Wildman–Crippen MR) is 129 cm³/mol. The number of nitro benzene ring substituents is 1. The number of aliphatic carboxylic acids is 1. The monoisotopic (exact) mass is 528 g/mol. The van der Waals surface area contributed by atoms with Crippen LogP contribution >= 0.6 is 15.9 Å². The molecule has 0 atom stereocenters. The third-order valence-corrected chi connectivity index (χ3v) is 6.12. The molecule has 4 rings (SSSR count). The van der Waals surface area contributed by atoms with Gasteiger partial charge in [0, 0.05) is 22.0 Å². The van der Waals surface area contributed by atoms with Crippen molar-refractivity contribution in [1.82, 2.24) is 9.66 Å². The Kier molecular flexibility index (Phi) is 7.01. The molecule has 176 valence electrons. The van der Waals surface area contributed by atoms with Gasteiger partial charge in [0.1, 0.15) is 5.82 Å². The summed E-state index contributed by atoms with van der Waals surface area (Å²) < 4.78 is 6.84. The number of rotatable bonds is 7. The number of nitro groups is 1. The fourth-order valence-corrected chi connectivity index (χ4v) is 4.58. The highest BCUT2D eigenvalue weighted by molar-refractivity contribution is 9.10. The van der Waals surface area contributed by atoms with Gasteiger partial charge in [0.25, 0.3) is 5.56 Å². The van der Waals surface area contributed by atoms with Gasteiger partial charge in [-0.15, -0.1) is 0 Å². The SMILES string of the molecule is O=C(O)COc1c(C=Nn2c(C3CCCCC3)nc3ccccc3c2=O)cc(Br)cc1[N+](=O)[O-]. The lowest BCUT2D eigenvalue weighted by Gasteiger charge is -2.22.